The molecule has 0 spiro atoms. The Morgan fingerprint density at radius 2 is 2.00 bits per heavy atom. The summed E-state index contributed by atoms with van der Waals surface area (Å²) in [7, 11) is 4.18. The van der Waals surface area contributed by atoms with Gasteiger partial charge in [-0.2, -0.15) is 0 Å². The van der Waals surface area contributed by atoms with E-state index in [1.54, 1.807) is 0 Å². The van der Waals surface area contributed by atoms with Crippen LogP contribution in [0.2, 0.25) is 0 Å². The number of rotatable bonds is 4. The molecule has 0 saturated carbocycles. The highest BCUT2D eigenvalue weighted by atomic mass is 35.5. The molecule has 0 fully saturated rings. The molecule has 1 atom stereocenters. The molecule has 0 amide bonds. The average Bonchev–Trinajstić information content (AvgIpc) is 2.69. The number of nitrogens with zero attached hydrogens (tertiary/aromatic N) is 1. The second kappa shape index (κ2) is 6.36. The van der Waals surface area contributed by atoms with Gasteiger partial charge in [0.2, 0.25) is 0 Å². The lowest BCUT2D eigenvalue weighted by Gasteiger charge is -2.22. The Morgan fingerprint density at radius 1 is 1.29 bits per heavy atom. The van der Waals surface area contributed by atoms with E-state index >= 15 is 0 Å². The van der Waals surface area contributed by atoms with E-state index in [-0.39, 0.29) is 12.4 Å². The summed E-state index contributed by atoms with van der Waals surface area (Å²) in [5.74, 6) is 0. The molecular formula is C13H19ClN2S. The van der Waals surface area contributed by atoms with Crippen molar-refractivity contribution in [2.45, 2.75) is 12.5 Å². The van der Waals surface area contributed by atoms with Gasteiger partial charge in [-0.15, -0.1) is 23.7 Å². The number of likely N-dealkylation sites (N-methyl/N-ethyl adjacent to an activating group) is 1. The number of fused-ring (bicyclic) bond motifs is 1. The van der Waals surface area contributed by atoms with Crippen LogP contribution in [0.5, 0.6) is 0 Å². The number of hydrogen-bond donors (Lipinski definition) is 1. The standard InChI is InChI=1S/C13H18N2S.ClH/c1-15(2)11(8-14)7-10-9-16-13-6-4-3-5-12(10)13;/h3-6,9,11H,7-8,14H2,1-2H3;1H/t11-;/m0./s1. The zero-order valence-corrected chi connectivity index (χ0v) is 11.9. The van der Waals surface area contributed by atoms with Gasteiger partial charge in [0.15, 0.2) is 0 Å². The SMILES string of the molecule is CN(C)[C@H](CN)Cc1csc2ccccc12.Cl. The Kier molecular flexibility index (Phi) is 5.40. The fourth-order valence-corrected chi connectivity index (χ4v) is 2.90. The van der Waals surface area contributed by atoms with Gasteiger partial charge in [0.05, 0.1) is 0 Å². The monoisotopic (exact) mass is 270 g/mol. The molecule has 2 N–H and O–H groups in total. The number of benzene rings is 1. The van der Waals surface area contributed by atoms with Crippen LogP contribution in [-0.2, 0) is 6.42 Å². The first kappa shape index (κ1) is 14.5. The second-order valence-electron chi connectivity index (χ2n) is 4.31. The van der Waals surface area contributed by atoms with Gasteiger partial charge in [-0.1, -0.05) is 18.2 Å². The summed E-state index contributed by atoms with van der Waals surface area (Å²) in [4.78, 5) is 2.20. The minimum atomic E-state index is 0. The molecule has 0 aliphatic carbocycles. The fourth-order valence-electron chi connectivity index (χ4n) is 1.92. The minimum absolute atomic E-state index is 0. The molecule has 4 heteroatoms. The smallest absolute Gasteiger partial charge is 0.0345 e. The maximum absolute atomic E-state index is 5.80. The first-order chi connectivity index (χ1) is 7.72. The number of nitrogens with two attached hydrogens (primary N) is 1. The van der Waals surface area contributed by atoms with Crippen molar-refractivity contribution in [3.05, 3.63) is 35.2 Å². The van der Waals surface area contributed by atoms with Crippen molar-refractivity contribution >= 4 is 33.8 Å². The first-order valence-corrected chi connectivity index (χ1v) is 6.42. The van der Waals surface area contributed by atoms with Crippen LogP contribution in [-0.4, -0.2) is 31.6 Å². The highest BCUT2D eigenvalue weighted by molar-refractivity contribution is 7.17. The van der Waals surface area contributed by atoms with E-state index in [0.29, 0.717) is 12.6 Å². The van der Waals surface area contributed by atoms with Crippen LogP contribution in [0.4, 0.5) is 0 Å². The molecule has 2 nitrogen and oxygen atoms in total. The molecule has 2 aromatic rings. The van der Waals surface area contributed by atoms with Crippen molar-refractivity contribution in [2.24, 2.45) is 5.73 Å². The molecule has 1 aromatic carbocycles. The van der Waals surface area contributed by atoms with Gasteiger partial charge in [0, 0.05) is 17.3 Å². The van der Waals surface area contributed by atoms with Crippen LogP contribution in [0, 0.1) is 0 Å². The fraction of sp³-hybridized carbons (Fsp3) is 0.385. The Bertz CT molecular complexity index is 467. The Morgan fingerprint density at radius 3 is 2.65 bits per heavy atom. The van der Waals surface area contributed by atoms with E-state index < -0.39 is 0 Å². The molecule has 17 heavy (non-hydrogen) atoms. The molecule has 0 saturated heterocycles. The van der Waals surface area contributed by atoms with Crippen molar-refractivity contribution in [3.63, 3.8) is 0 Å². The van der Waals surface area contributed by atoms with Crippen molar-refractivity contribution in [1.82, 2.24) is 4.90 Å². The lowest BCUT2D eigenvalue weighted by Crippen LogP contribution is -2.36. The number of halogens is 1. The van der Waals surface area contributed by atoms with Crippen LogP contribution in [0.3, 0.4) is 0 Å². The minimum Gasteiger partial charge on any atom is -0.329 e. The molecule has 2 rings (SSSR count). The van der Waals surface area contributed by atoms with Crippen molar-refractivity contribution < 1.29 is 0 Å². The second-order valence-corrected chi connectivity index (χ2v) is 5.23. The molecule has 0 unspecified atom stereocenters. The van der Waals surface area contributed by atoms with Crippen LogP contribution >= 0.6 is 23.7 Å². The predicted octanol–water partition coefficient (Wildman–Crippen LogP) is 2.75. The molecule has 0 aliphatic heterocycles. The van der Waals surface area contributed by atoms with Crippen molar-refractivity contribution in [2.75, 3.05) is 20.6 Å². The van der Waals surface area contributed by atoms with Gasteiger partial charge in [-0.05, 0) is 42.9 Å². The highest BCUT2D eigenvalue weighted by Gasteiger charge is 2.12. The van der Waals surface area contributed by atoms with E-state index in [1.807, 2.05) is 11.3 Å². The van der Waals surface area contributed by atoms with Gasteiger partial charge in [0.25, 0.3) is 0 Å². The van der Waals surface area contributed by atoms with E-state index in [4.69, 9.17) is 5.73 Å². The molecule has 0 aliphatic rings. The number of hydrogen-bond acceptors (Lipinski definition) is 3. The maximum Gasteiger partial charge on any atom is 0.0345 e. The summed E-state index contributed by atoms with van der Waals surface area (Å²) in [5.41, 5.74) is 7.22. The van der Waals surface area contributed by atoms with Gasteiger partial charge in [0.1, 0.15) is 0 Å². The third-order valence-corrected chi connectivity index (χ3v) is 4.03. The topological polar surface area (TPSA) is 29.3 Å². The predicted molar refractivity (Wildman–Crippen MR) is 79.3 cm³/mol. The third kappa shape index (κ3) is 3.19. The molecule has 0 bridgehead atoms. The lowest BCUT2D eigenvalue weighted by atomic mass is 10.0. The van der Waals surface area contributed by atoms with Gasteiger partial charge in [-0.25, -0.2) is 0 Å². The molecule has 1 heterocycles. The maximum atomic E-state index is 5.80. The summed E-state index contributed by atoms with van der Waals surface area (Å²) in [6, 6.07) is 9.00. The normalized spacial score (nSPS) is 12.7. The lowest BCUT2D eigenvalue weighted by molar-refractivity contribution is 0.298. The van der Waals surface area contributed by atoms with Crippen LogP contribution < -0.4 is 5.73 Å². The summed E-state index contributed by atoms with van der Waals surface area (Å²) < 4.78 is 1.37. The summed E-state index contributed by atoms with van der Waals surface area (Å²) in [5, 5.41) is 3.64. The van der Waals surface area contributed by atoms with Crippen molar-refractivity contribution in [3.8, 4) is 0 Å². The molecule has 94 valence electrons. The van der Waals surface area contributed by atoms with Crippen LogP contribution in [0.15, 0.2) is 29.6 Å². The van der Waals surface area contributed by atoms with Gasteiger partial charge < -0.3 is 10.6 Å². The Labute approximate surface area is 113 Å². The Balaban J connectivity index is 0.00000144. The average molecular weight is 271 g/mol. The summed E-state index contributed by atoms with van der Waals surface area (Å²) in [6.07, 6.45) is 1.04. The summed E-state index contributed by atoms with van der Waals surface area (Å²) >= 11 is 1.82. The van der Waals surface area contributed by atoms with Crippen LogP contribution in [0.1, 0.15) is 5.56 Å². The van der Waals surface area contributed by atoms with E-state index in [9.17, 15) is 0 Å². The van der Waals surface area contributed by atoms with Crippen molar-refractivity contribution in [1.29, 1.82) is 0 Å². The zero-order valence-electron chi connectivity index (χ0n) is 10.2. The molecule has 1 aromatic heterocycles. The summed E-state index contributed by atoms with van der Waals surface area (Å²) in [6.45, 7) is 0.706. The van der Waals surface area contributed by atoms with E-state index in [1.165, 1.54) is 15.6 Å². The zero-order chi connectivity index (χ0) is 11.5. The number of thiophene rings is 1. The highest BCUT2D eigenvalue weighted by Crippen LogP contribution is 2.26. The van der Waals surface area contributed by atoms with Crippen LogP contribution in [0.25, 0.3) is 10.1 Å². The van der Waals surface area contributed by atoms with Gasteiger partial charge in [-0.3, -0.25) is 0 Å². The van der Waals surface area contributed by atoms with E-state index in [2.05, 4.69) is 48.6 Å². The van der Waals surface area contributed by atoms with Gasteiger partial charge >= 0.3 is 0 Å². The molecular weight excluding hydrogens is 252 g/mol. The largest absolute Gasteiger partial charge is 0.329 e. The third-order valence-electron chi connectivity index (χ3n) is 3.02. The first-order valence-electron chi connectivity index (χ1n) is 5.54. The Hall–Kier alpha value is -0.610. The van der Waals surface area contributed by atoms with E-state index in [0.717, 1.165) is 6.42 Å². The molecule has 0 radical (unpaired) electrons. The quantitative estimate of drug-likeness (QED) is 0.926.